The molecule has 1 aromatic rings. The van der Waals surface area contributed by atoms with Crippen molar-refractivity contribution in [2.75, 3.05) is 13.2 Å². The number of nitrogens with two attached hydrogens (primary N) is 1. The first kappa shape index (κ1) is 11.9. The first-order chi connectivity index (χ1) is 8.01. The molecule has 1 aromatic carbocycles. The van der Waals surface area contributed by atoms with Gasteiger partial charge < -0.3 is 15.2 Å². The first-order valence-corrected chi connectivity index (χ1v) is 5.67. The van der Waals surface area contributed by atoms with Gasteiger partial charge in [0.25, 0.3) is 0 Å². The summed E-state index contributed by atoms with van der Waals surface area (Å²) in [5, 5.41) is 0. The molecule has 1 aliphatic heterocycles. The molecule has 4 nitrogen and oxygen atoms in total. The molecule has 0 saturated heterocycles. The highest BCUT2D eigenvalue weighted by molar-refractivity contribution is 5.82. The van der Waals surface area contributed by atoms with Crippen LogP contribution in [0.4, 0.5) is 0 Å². The summed E-state index contributed by atoms with van der Waals surface area (Å²) >= 11 is 0. The normalized spacial score (nSPS) is 14.5. The van der Waals surface area contributed by atoms with Gasteiger partial charge in [-0.3, -0.25) is 4.79 Å². The molecule has 0 aliphatic carbocycles. The second-order valence-electron chi connectivity index (χ2n) is 4.95. The van der Waals surface area contributed by atoms with Gasteiger partial charge in [-0.1, -0.05) is 6.07 Å². The molecule has 4 heteroatoms. The maximum Gasteiger partial charge on any atom is 0.172 e. The lowest BCUT2D eigenvalue weighted by Crippen LogP contribution is -2.34. The van der Waals surface area contributed by atoms with Crippen LogP contribution in [-0.4, -0.2) is 25.0 Å². The molecule has 0 amide bonds. The smallest absolute Gasteiger partial charge is 0.172 e. The molecule has 0 aromatic heterocycles. The predicted octanol–water partition coefficient (Wildman–Crippen LogP) is 1.55. The maximum absolute atomic E-state index is 10.9. The number of hydrogen-bond donors (Lipinski definition) is 1. The van der Waals surface area contributed by atoms with Gasteiger partial charge in [-0.05, 0) is 31.9 Å². The molecule has 0 unspecified atom stereocenters. The zero-order valence-electron chi connectivity index (χ0n) is 10.2. The van der Waals surface area contributed by atoms with Crippen LogP contribution in [0, 0.1) is 0 Å². The van der Waals surface area contributed by atoms with E-state index < -0.39 is 0 Å². The summed E-state index contributed by atoms with van der Waals surface area (Å²) in [4.78, 5) is 10.9. The van der Waals surface area contributed by atoms with E-state index in [1.165, 1.54) is 0 Å². The van der Waals surface area contributed by atoms with Crippen molar-refractivity contribution in [2.24, 2.45) is 5.73 Å². The van der Waals surface area contributed by atoms with Gasteiger partial charge >= 0.3 is 0 Å². The van der Waals surface area contributed by atoms with Gasteiger partial charge in [0, 0.05) is 5.54 Å². The number of carbonyl (C=O) groups excluding carboxylic acids is 1. The summed E-state index contributed by atoms with van der Waals surface area (Å²) in [5.41, 5.74) is 7.19. The Hall–Kier alpha value is -1.55. The second-order valence-corrected chi connectivity index (χ2v) is 4.95. The minimum atomic E-state index is -0.322. The summed E-state index contributed by atoms with van der Waals surface area (Å²) in [7, 11) is 0. The summed E-state index contributed by atoms with van der Waals surface area (Å²) in [6, 6.07) is 3.63. The second kappa shape index (κ2) is 4.37. The fourth-order valence-corrected chi connectivity index (χ4v) is 1.94. The zero-order valence-corrected chi connectivity index (χ0v) is 10.2. The number of benzene rings is 1. The van der Waals surface area contributed by atoms with Gasteiger partial charge in [-0.2, -0.15) is 0 Å². The van der Waals surface area contributed by atoms with Crippen molar-refractivity contribution >= 4 is 6.29 Å². The number of hydrogen-bond acceptors (Lipinski definition) is 4. The highest BCUT2D eigenvalue weighted by Crippen LogP contribution is 2.37. The molecular weight excluding hydrogens is 218 g/mol. The van der Waals surface area contributed by atoms with Crippen LogP contribution in [0.5, 0.6) is 11.5 Å². The minimum Gasteiger partial charge on any atom is -0.486 e. The van der Waals surface area contributed by atoms with Crippen LogP contribution in [0.1, 0.15) is 29.8 Å². The Balaban J connectivity index is 2.44. The third-order valence-corrected chi connectivity index (χ3v) is 2.57. The van der Waals surface area contributed by atoms with Crippen molar-refractivity contribution in [3.8, 4) is 11.5 Å². The molecule has 0 fully saturated rings. The van der Waals surface area contributed by atoms with E-state index >= 15 is 0 Å². The van der Waals surface area contributed by atoms with Crippen LogP contribution in [0.25, 0.3) is 0 Å². The monoisotopic (exact) mass is 235 g/mol. The molecular formula is C13H17NO3. The van der Waals surface area contributed by atoms with E-state index in [1.54, 1.807) is 6.07 Å². The van der Waals surface area contributed by atoms with E-state index in [2.05, 4.69) is 0 Å². The highest BCUT2D eigenvalue weighted by atomic mass is 16.6. The van der Waals surface area contributed by atoms with Crippen LogP contribution in [-0.2, 0) is 6.42 Å². The lowest BCUT2D eigenvalue weighted by Gasteiger charge is -2.25. The fraction of sp³-hybridized carbons (Fsp3) is 0.462. The summed E-state index contributed by atoms with van der Waals surface area (Å²) < 4.78 is 11.1. The van der Waals surface area contributed by atoms with Gasteiger partial charge in [0.15, 0.2) is 17.8 Å². The molecule has 0 saturated carbocycles. The fourth-order valence-electron chi connectivity index (χ4n) is 1.94. The number of rotatable bonds is 3. The topological polar surface area (TPSA) is 61.6 Å². The van der Waals surface area contributed by atoms with Gasteiger partial charge in [0.2, 0.25) is 0 Å². The Morgan fingerprint density at radius 2 is 1.94 bits per heavy atom. The van der Waals surface area contributed by atoms with Crippen LogP contribution in [0.15, 0.2) is 12.1 Å². The van der Waals surface area contributed by atoms with E-state index in [0.717, 1.165) is 11.8 Å². The number of aldehydes is 1. The van der Waals surface area contributed by atoms with E-state index in [1.807, 2.05) is 19.9 Å². The Labute approximate surface area is 101 Å². The van der Waals surface area contributed by atoms with Crippen molar-refractivity contribution < 1.29 is 14.3 Å². The third kappa shape index (κ3) is 2.58. The van der Waals surface area contributed by atoms with Gasteiger partial charge in [0.05, 0.1) is 5.56 Å². The molecule has 17 heavy (non-hydrogen) atoms. The number of fused-ring (bicyclic) bond motifs is 1. The lowest BCUT2D eigenvalue weighted by atomic mass is 9.94. The molecule has 0 radical (unpaired) electrons. The average molecular weight is 235 g/mol. The van der Waals surface area contributed by atoms with E-state index in [4.69, 9.17) is 15.2 Å². The van der Waals surface area contributed by atoms with Crippen molar-refractivity contribution in [2.45, 2.75) is 25.8 Å². The maximum atomic E-state index is 10.9. The summed E-state index contributed by atoms with van der Waals surface area (Å²) in [6.07, 6.45) is 1.46. The van der Waals surface area contributed by atoms with Crippen molar-refractivity contribution in [3.05, 3.63) is 23.3 Å². The minimum absolute atomic E-state index is 0.322. The zero-order chi connectivity index (χ0) is 12.5. The van der Waals surface area contributed by atoms with E-state index in [0.29, 0.717) is 36.7 Å². The molecule has 92 valence electrons. The lowest BCUT2D eigenvalue weighted by molar-refractivity contribution is 0.111. The van der Waals surface area contributed by atoms with Crippen LogP contribution >= 0.6 is 0 Å². The molecule has 0 spiro atoms. The summed E-state index contributed by atoms with van der Waals surface area (Å²) in [6.45, 7) is 4.89. The Morgan fingerprint density at radius 1 is 1.29 bits per heavy atom. The first-order valence-electron chi connectivity index (χ1n) is 5.67. The predicted molar refractivity (Wildman–Crippen MR) is 64.8 cm³/mol. The molecule has 0 atom stereocenters. The standard InChI is InChI=1S/C13H17NO3/c1-13(2,14)7-9-3-4-10(8-15)12-11(9)16-5-6-17-12/h3-4,8H,5-7,14H2,1-2H3. The van der Waals surface area contributed by atoms with Crippen molar-refractivity contribution in [1.82, 2.24) is 0 Å². The Kier molecular flexibility index (Phi) is 3.07. The third-order valence-electron chi connectivity index (χ3n) is 2.57. The van der Waals surface area contributed by atoms with Gasteiger partial charge in [-0.25, -0.2) is 0 Å². The van der Waals surface area contributed by atoms with Crippen LogP contribution in [0.3, 0.4) is 0 Å². The molecule has 2 rings (SSSR count). The van der Waals surface area contributed by atoms with Gasteiger partial charge in [0.1, 0.15) is 13.2 Å². The highest BCUT2D eigenvalue weighted by Gasteiger charge is 2.23. The SMILES string of the molecule is CC(C)(N)Cc1ccc(C=O)c2c1OCCO2. The molecule has 2 N–H and O–H groups in total. The van der Waals surface area contributed by atoms with Crippen LogP contribution < -0.4 is 15.2 Å². The molecule has 0 bridgehead atoms. The molecule has 1 heterocycles. The Bertz CT molecular complexity index is 435. The number of carbonyl (C=O) groups is 1. The van der Waals surface area contributed by atoms with Crippen molar-refractivity contribution in [3.63, 3.8) is 0 Å². The van der Waals surface area contributed by atoms with E-state index in [9.17, 15) is 4.79 Å². The van der Waals surface area contributed by atoms with E-state index in [-0.39, 0.29) is 5.54 Å². The van der Waals surface area contributed by atoms with Gasteiger partial charge in [-0.15, -0.1) is 0 Å². The largest absolute Gasteiger partial charge is 0.486 e. The average Bonchev–Trinajstić information content (AvgIpc) is 2.28. The quantitative estimate of drug-likeness (QED) is 0.807. The van der Waals surface area contributed by atoms with Crippen LogP contribution in [0.2, 0.25) is 0 Å². The molecule has 1 aliphatic rings. The van der Waals surface area contributed by atoms with Crippen molar-refractivity contribution in [1.29, 1.82) is 0 Å². The number of ether oxygens (including phenoxy) is 2. The Morgan fingerprint density at radius 3 is 2.53 bits per heavy atom. The summed E-state index contributed by atoms with van der Waals surface area (Å²) in [5.74, 6) is 1.22.